The van der Waals surface area contributed by atoms with Gasteiger partial charge in [-0.15, -0.1) is 0 Å². The highest BCUT2D eigenvalue weighted by molar-refractivity contribution is 5.94. The molecule has 0 atom stereocenters. The Morgan fingerprint density at radius 1 is 1.25 bits per heavy atom. The zero-order valence-electron chi connectivity index (χ0n) is 15.9. The van der Waals surface area contributed by atoms with Crippen LogP contribution in [0.2, 0.25) is 0 Å². The molecule has 3 heterocycles. The maximum absolute atomic E-state index is 12.6. The Bertz CT molecular complexity index is 1060. The number of fused-ring (bicyclic) bond motifs is 1. The molecule has 1 aliphatic rings. The largest absolute Gasteiger partial charge is 0.420 e. The number of oxazole rings is 1. The van der Waals surface area contributed by atoms with Crippen LogP contribution in [-0.4, -0.2) is 47.6 Å². The van der Waals surface area contributed by atoms with Gasteiger partial charge in [-0.1, -0.05) is 12.1 Å². The van der Waals surface area contributed by atoms with E-state index in [2.05, 4.69) is 20.2 Å². The number of aromatic nitrogens is 3. The summed E-state index contributed by atoms with van der Waals surface area (Å²) < 4.78 is 6.48. The van der Waals surface area contributed by atoms with Gasteiger partial charge in [0.1, 0.15) is 12.2 Å². The maximum Gasteiger partial charge on any atom is 0.420 e. The molecule has 1 fully saturated rings. The minimum atomic E-state index is -0.565. The summed E-state index contributed by atoms with van der Waals surface area (Å²) in [6, 6.07) is 7.01. The second kappa shape index (κ2) is 7.34. The van der Waals surface area contributed by atoms with Gasteiger partial charge in [0.05, 0.1) is 11.7 Å². The van der Waals surface area contributed by atoms with Gasteiger partial charge in [-0.3, -0.25) is 9.36 Å². The van der Waals surface area contributed by atoms with E-state index in [1.165, 1.54) is 4.57 Å². The summed E-state index contributed by atoms with van der Waals surface area (Å²) >= 11 is 0. The van der Waals surface area contributed by atoms with Crippen LogP contribution in [0.15, 0.2) is 39.7 Å². The quantitative estimate of drug-likeness (QED) is 0.717. The van der Waals surface area contributed by atoms with Crippen LogP contribution in [0.25, 0.3) is 11.1 Å². The van der Waals surface area contributed by atoms with Crippen molar-refractivity contribution in [3.63, 3.8) is 0 Å². The highest BCUT2D eigenvalue weighted by Gasteiger charge is 2.19. The SMILES string of the molecule is CN(C)c1nc(N2CCCC2)ncc1NC(=O)Cn1c(=O)oc2ccccc21. The number of benzene rings is 1. The van der Waals surface area contributed by atoms with Gasteiger partial charge in [0.15, 0.2) is 11.4 Å². The molecule has 2 aromatic heterocycles. The second-order valence-electron chi connectivity index (χ2n) is 6.97. The molecule has 0 aliphatic carbocycles. The first-order valence-corrected chi connectivity index (χ1v) is 9.20. The molecule has 1 N–H and O–H groups in total. The summed E-state index contributed by atoms with van der Waals surface area (Å²) in [6.07, 6.45) is 3.88. The standard InChI is InChI=1S/C19H22N6O3/c1-23(2)17-13(11-20-18(22-17)24-9-5-6-10-24)21-16(26)12-25-14-7-3-4-8-15(14)28-19(25)27/h3-4,7-8,11H,5-6,9-10,12H2,1-2H3,(H,21,26). The first-order valence-electron chi connectivity index (χ1n) is 9.20. The van der Waals surface area contributed by atoms with Crippen LogP contribution < -0.4 is 20.9 Å². The van der Waals surface area contributed by atoms with Crippen molar-refractivity contribution in [1.29, 1.82) is 0 Å². The molecule has 0 spiro atoms. The predicted molar refractivity (Wildman–Crippen MR) is 107 cm³/mol. The van der Waals surface area contributed by atoms with Crippen molar-refractivity contribution in [2.24, 2.45) is 0 Å². The summed E-state index contributed by atoms with van der Waals surface area (Å²) in [6.45, 7) is 1.72. The van der Waals surface area contributed by atoms with Gasteiger partial charge in [0.25, 0.3) is 0 Å². The van der Waals surface area contributed by atoms with Crippen molar-refractivity contribution in [3.05, 3.63) is 41.0 Å². The number of anilines is 3. The van der Waals surface area contributed by atoms with E-state index in [0.717, 1.165) is 25.9 Å². The number of hydrogen-bond donors (Lipinski definition) is 1. The van der Waals surface area contributed by atoms with E-state index < -0.39 is 5.76 Å². The fourth-order valence-corrected chi connectivity index (χ4v) is 3.36. The molecular formula is C19H22N6O3. The van der Waals surface area contributed by atoms with Crippen LogP contribution >= 0.6 is 0 Å². The van der Waals surface area contributed by atoms with Gasteiger partial charge in [0.2, 0.25) is 11.9 Å². The smallest absolute Gasteiger partial charge is 0.408 e. The average molecular weight is 382 g/mol. The van der Waals surface area contributed by atoms with Gasteiger partial charge in [0, 0.05) is 27.2 Å². The molecule has 28 heavy (non-hydrogen) atoms. The van der Waals surface area contributed by atoms with Crippen molar-refractivity contribution in [3.8, 4) is 0 Å². The fourth-order valence-electron chi connectivity index (χ4n) is 3.36. The summed E-state index contributed by atoms with van der Waals surface area (Å²) in [7, 11) is 3.72. The fraction of sp³-hybridized carbons (Fsp3) is 0.368. The molecular weight excluding hydrogens is 360 g/mol. The van der Waals surface area contributed by atoms with Gasteiger partial charge >= 0.3 is 5.76 Å². The Morgan fingerprint density at radius 3 is 2.75 bits per heavy atom. The highest BCUT2D eigenvalue weighted by Crippen LogP contribution is 2.25. The number of nitrogens with one attached hydrogen (secondary N) is 1. The zero-order chi connectivity index (χ0) is 19.7. The highest BCUT2D eigenvalue weighted by atomic mass is 16.4. The number of rotatable bonds is 5. The average Bonchev–Trinajstić information content (AvgIpc) is 3.31. The third-order valence-corrected chi connectivity index (χ3v) is 4.72. The molecule has 1 amide bonds. The maximum atomic E-state index is 12.6. The van der Waals surface area contributed by atoms with E-state index in [9.17, 15) is 9.59 Å². The molecule has 1 aromatic carbocycles. The zero-order valence-corrected chi connectivity index (χ0v) is 15.9. The molecule has 0 radical (unpaired) electrons. The van der Waals surface area contributed by atoms with Crippen LogP contribution in [-0.2, 0) is 11.3 Å². The molecule has 0 saturated carbocycles. The molecule has 0 unspecified atom stereocenters. The Kier molecular flexibility index (Phi) is 4.72. The lowest BCUT2D eigenvalue weighted by Crippen LogP contribution is -2.27. The monoisotopic (exact) mass is 382 g/mol. The van der Waals surface area contributed by atoms with Crippen LogP contribution in [0.3, 0.4) is 0 Å². The first kappa shape index (κ1) is 18.0. The summed E-state index contributed by atoms with van der Waals surface area (Å²) in [5, 5.41) is 2.81. The Hall–Kier alpha value is -3.36. The van der Waals surface area contributed by atoms with Crippen LogP contribution in [0, 0.1) is 0 Å². The third-order valence-electron chi connectivity index (χ3n) is 4.72. The predicted octanol–water partition coefficient (Wildman–Crippen LogP) is 1.69. The van der Waals surface area contributed by atoms with Gasteiger partial charge in [-0.25, -0.2) is 9.78 Å². The summed E-state index contributed by atoms with van der Waals surface area (Å²) in [5.74, 6) is 0.366. The van der Waals surface area contributed by atoms with Gasteiger partial charge < -0.3 is 19.5 Å². The molecule has 9 heteroatoms. The third kappa shape index (κ3) is 3.42. The molecule has 146 valence electrons. The Balaban J connectivity index is 1.56. The first-order chi connectivity index (χ1) is 13.5. The van der Waals surface area contributed by atoms with Crippen molar-refractivity contribution in [2.45, 2.75) is 19.4 Å². The minimum absolute atomic E-state index is 0.156. The topological polar surface area (TPSA) is 96.5 Å². The Labute approximate surface area is 161 Å². The normalized spacial score (nSPS) is 13.9. The van der Waals surface area contributed by atoms with Crippen LogP contribution in [0.4, 0.5) is 17.5 Å². The van der Waals surface area contributed by atoms with E-state index >= 15 is 0 Å². The number of carbonyl (C=O) groups excluding carboxylic acids is 1. The van der Waals surface area contributed by atoms with Gasteiger partial charge in [-0.2, -0.15) is 4.98 Å². The molecule has 0 bridgehead atoms. The van der Waals surface area contributed by atoms with Crippen molar-refractivity contribution < 1.29 is 9.21 Å². The molecule has 1 aliphatic heterocycles. The van der Waals surface area contributed by atoms with Gasteiger partial charge in [-0.05, 0) is 25.0 Å². The lowest BCUT2D eigenvalue weighted by atomic mass is 10.3. The van der Waals surface area contributed by atoms with Crippen molar-refractivity contribution in [2.75, 3.05) is 42.3 Å². The number of carbonyl (C=O) groups is 1. The van der Waals surface area contributed by atoms with E-state index in [1.54, 1.807) is 30.5 Å². The summed E-state index contributed by atoms with van der Waals surface area (Å²) in [5.41, 5.74) is 1.53. The minimum Gasteiger partial charge on any atom is -0.408 e. The summed E-state index contributed by atoms with van der Waals surface area (Å²) in [4.78, 5) is 37.6. The second-order valence-corrected chi connectivity index (χ2v) is 6.97. The van der Waals surface area contributed by atoms with E-state index in [1.807, 2.05) is 19.0 Å². The Morgan fingerprint density at radius 2 is 2.00 bits per heavy atom. The molecule has 3 aromatic rings. The number of nitrogens with zero attached hydrogens (tertiary/aromatic N) is 5. The molecule has 1 saturated heterocycles. The molecule has 4 rings (SSSR count). The van der Waals surface area contributed by atoms with Crippen LogP contribution in [0.1, 0.15) is 12.8 Å². The number of amides is 1. The van der Waals surface area contributed by atoms with Crippen molar-refractivity contribution >= 4 is 34.5 Å². The van der Waals surface area contributed by atoms with Crippen molar-refractivity contribution in [1.82, 2.24) is 14.5 Å². The molecule has 9 nitrogen and oxygen atoms in total. The van der Waals surface area contributed by atoms with E-state index in [4.69, 9.17) is 4.42 Å². The lowest BCUT2D eigenvalue weighted by Gasteiger charge is -2.21. The number of hydrogen-bond acceptors (Lipinski definition) is 7. The lowest BCUT2D eigenvalue weighted by molar-refractivity contribution is -0.116. The van der Waals surface area contributed by atoms with E-state index in [0.29, 0.717) is 28.6 Å². The van der Waals surface area contributed by atoms with Crippen LogP contribution in [0.5, 0.6) is 0 Å². The van der Waals surface area contributed by atoms with E-state index in [-0.39, 0.29) is 12.5 Å². The number of para-hydroxylation sites is 2.